The maximum absolute atomic E-state index is 11.8. The Kier molecular flexibility index (Phi) is 11.4. The van der Waals surface area contributed by atoms with Crippen LogP contribution in [0.15, 0.2) is 46.8 Å². The zero-order chi connectivity index (χ0) is 18.8. The number of thiophene rings is 1. The van der Waals surface area contributed by atoms with E-state index in [1.165, 1.54) is 9.78 Å². The molecule has 1 amide bonds. The first-order chi connectivity index (χ1) is 12.6. The third-order valence-corrected chi connectivity index (χ3v) is 5.06. The molecule has 1 aromatic heterocycles. The van der Waals surface area contributed by atoms with E-state index in [2.05, 4.69) is 27.1 Å². The third kappa shape index (κ3) is 8.94. The van der Waals surface area contributed by atoms with Gasteiger partial charge in [0.05, 0.1) is 0 Å². The summed E-state index contributed by atoms with van der Waals surface area (Å²) in [5, 5.41) is 9.41. The molecule has 2 aromatic rings. The standard InChI is InChI=1S/C19H25ClN4OS.HI/c1-24(2)18(25)14-23-19(22-12-10-16-7-5-13-26-16)21-11-9-15-6-3-4-8-17(15)20;/h3-8,13H,9-12,14H2,1-2H3,(H2,21,22,23);1H. The van der Waals surface area contributed by atoms with E-state index in [1.54, 1.807) is 25.4 Å². The molecular weight excluding hydrogens is 495 g/mol. The molecule has 0 aliphatic carbocycles. The van der Waals surface area contributed by atoms with Crippen molar-refractivity contribution in [3.8, 4) is 0 Å². The SMILES string of the molecule is CN(C)C(=O)CN=C(NCCc1cccs1)NCCc1ccccc1Cl.I. The van der Waals surface area contributed by atoms with Crippen LogP contribution in [0, 0.1) is 0 Å². The van der Waals surface area contributed by atoms with Crippen molar-refractivity contribution in [3.05, 3.63) is 57.2 Å². The molecule has 0 saturated heterocycles. The molecule has 0 unspecified atom stereocenters. The minimum absolute atomic E-state index is 0. The Hall–Kier alpha value is -1.32. The Labute approximate surface area is 187 Å². The first-order valence-electron chi connectivity index (χ1n) is 8.54. The van der Waals surface area contributed by atoms with Crippen LogP contribution >= 0.6 is 46.9 Å². The molecule has 8 heteroatoms. The van der Waals surface area contributed by atoms with Crippen LogP contribution in [0.2, 0.25) is 5.02 Å². The molecule has 0 bridgehead atoms. The van der Waals surface area contributed by atoms with E-state index in [-0.39, 0.29) is 36.4 Å². The molecule has 0 saturated carbocycles. The van der Waals surface area contributed by atoms with Gasteiger partial charge >= 0.3 is 0 Å². The van der Waals surface area contributed by atoms with E-state index in [4.69, 9.17) is 11.6 Å². The number of guanidine groups is 1. The van der Waals surface area contributed by atoms with Crippen molar-refractivity contribution in [2.75, 3.05) is 33.7 Å². The van der Waals surface area contributed by atoms with Gasteiger partial charge in [-0.3, -0.25) is 4.79 Å². The second kappa shape index (κ2) is 13.0. The summed E-state index contributed by atoms with van der Waals surface area (Å²) in [5.41, 5.74) is 1.09. The van der Waals surface area contributed by atoms with E-state index in [1.807, 2.05) is 30.3 Å². The van der Waals surface area contributed by atoms with Crippen molar-refractivity contribution in [3.63, 3.8) is 0 Å². The van der Waals surface area contributed by atoms with Crippen LogP contribution in [0.3, 0.4) is 0 Å². The molecule has 5 nitrogen and oxygen atoms in total. The summed E-state index contributed by atoms with van der Waals surface area (Å²) in [4.78, 5) is 19.0. The van der Waals surface area contributed by atoms with Crippen molar-refractivity contribution in [1.29, 1.82) is 0 Å². The van der Waals surface area contributed by atoms with E-state index >= 15 is 0 Å². The molecule has 27 heavy (non-hydrogen) atoms. The van der Waals surface area contributed by atoms with Gasteiger partial charge in [-0.25, -0.2) is 4.99 Å². The highest BCUT2D eigenvalue weighted by molar-refractivity contribution is 14.0. The summed E-state index contributed by atoms with van der Waals surface area (Å²) >= 11 is 7.93. The van der Waals surface area contributed by atoms with Crippen LogP contribution in [0.4, 0.5) is 0 Å². The smallest absolute Gasteiger partial charge is 0.243 e. The normalized spacial score (nSPS) is 10.9. The fraction of sp³-hybridized carbons (Fsp3) is 0.368. The fourth-order valence-electron chi connectivity index (χ4n) is 2.24. The fourth-order valence-corrected chi connectivity index (χ4v) is 3.18. The molecule has 2 rings (SSSR count). The van der Waals surface area contributed by atoms with E-state index in [0.717, 1.165) is 30.0 Å². The zero-order valence-corrected chi connectivity index (χ0v) is 19.5. The number of amides is 1. The monoisotopic (exact) mass is 520 g/mol. The van der Waals surface area contributed by atoms with E-state index < -0.39 is 0 Å². The van der Waals surface area contributed by atoms with Gasteiger partial charge in [0.1, 0.15) is 6.54 Å². The number of halogens is 2. The molecule has 148 valence electrons. The number of carbonyl (C=O) groups is 1. The molecule has 0 aliphatic rings. The highest BCUT2D eigenvalue weighted by Gasteiger charge is 2.05. The van der Waals surface area contributed by atoms with Gasteiger partial charge in [0.2, 0.25) is 5.91 Å². The van der Waals surface area contributed by atoms with Gasteiger partial charge in [0.15, 0.2) is 5.96 Å². The molecule has 0 fully saturated rings. The van der Waals surface area contributed by atoms with Crippen LogP contribution < -0.4 is 10.6 Å². The second-order valence-corrected chi connectivity index (χ2v) is 7.42. The number of likely N-dealkylation sites (N-methyl/N-ethyl adjacent to an activating group) is 1. The second-order valence-electron chi connectivity index (χ2n) is 5.98. The topological polar surface area (TPSA) is 56.7 Å². The molecule has 0 atom stereocenters. The van der Waals surface area contributed by atoms with Gasteiger partial charge in [-0.1, -0.05) is 35.9 Å². The summed E-state index contributed by atoms with van der Waals surface area (Å²) < 4.78 is 0. The lowest BCUT2D eigenvalue weighted by atomic mass is 10.1. The van der Waals surface area contributed by atoms with Crippen LogP contribution in [-0.4, -0.2) is 50.5 Å². The Morgan fingerprint density at radius 2 is 1.81 bits per heavy atom. The van der Waals surface area contributed by atoms with Gasteiger partial charge in [0.25, 0.3) is 0 Å². The highest BCUT2D eigenvalue weighted by Crippen LogP contribution is 2.14. The molecular formula is C19H26ClIN4OS. The van der Waals surface area contributed by atoms with Crippen LogP contribution in [0.1, 0.15) is 10.4 Å². The van der Waals surface area contributed by atoms with Crippen molar-refractivity contribution in [2.24, 2.45) is 4.99 Å². The number of carbonyl (C=O) groups excluding carboxylic acids is 1. The molecule has 1 aromatic carbocycles. The van der Waals surface area contributed by atoms with Crippen LogP contribution in [-0.2, 0) is 17.6 Å². The number of benzene rings is 1. The van der Waals surface area contributed by atoms with Crippen molar-refractivity contribution >= 4 is 58.8 Å². The number of hydrogen-bond donors (Lipinski definition) is 2. The quantitative estimate of drug-likeness (QED) is 0.319. The average Bonchev–Trinajstić information content (AvgIpc) is 3.13. The maximum Gasteiger partial charge on any atom is 0.243 e. The van der Waals surface area contributed by atoms with Crippen LogP contribution in [0.5, 0.6) is 0 Å². The number of nitrogens with one attached hydrogen (secondary N) is 2. The van der Waals surface area contributed by atoms with Gasteiger partial charge in [0, 0.05) is 37.1 Å². The van der Waals surface area contributed by atoms with Gasteiger partial charge in [-0.2, -0.15) is 0 Å². The molecule has 0 spiro atoms. The minimum atomic E-state index is -0.0320. The number of aliphatic imine (C=N–C) groups is 1. The summed E-state index contributed by atoms with van der Waals surface area (Å²) in [6.45, 7) is 1.56. The Morgan fingerprint density at radius 3 is 2.44 bits per heavy atom. The maximum atomic E-state index is 11.8. The zero-order valence-electron chi connectivity index (χ0n) is 15.6. The van der Waals surface area contributed by atoms with E-state index in [9.17, 15) is 4.79 Å². The lowest BCUT2D eigenvalue weighted by molar-refractivity contribution is -0.127. The highest BCUT2D eigenvalue weighted by atomic mass is 127. The Balaban J connectivity index is 0.00000364. The summed E-state index contributed by atoms with van der Waals surface area (Å²) in [5.74, 6) is 0.610. The number of nitrogens with zero attached hydrogens (tertiary/aromatic N) is 2. The molecule has 0 aliphatic heterocycles. The first-order valence-corrected chi connectivity index (χ1v) is 9.80. The molecule has 2 N–H and O–H groups in total. The van der Waals surface area contributed by atoms with Gasteiger partial charge in [-0.05, 0) is 35.9 Å². The predicted molar refractivity (Wildman–Crippen MR) is 126 cm³/mol. The lowest BCUT2D eigenvalue weighted by Gasteiger charge is -2.14. The van der Waals surface area contributed by atoms with Crippen molar-refractivity contribution in [1.82, 2.24) is 15.5 Å². The number of hydrogen-bond acceptors (Lipinski definition) is 3. The minimum Gasteiger partial charge on any atom is -0.356 e. The van der Waals surface area contributed by atoms with E-state index in [0.29, 0.717) is 12.5 Å². The third-order valence-electron chi connectivity index (χ3n) is 3.76. The Morgan fingerprint density at radius 1 is 1.11 bits per heavy atom. The van der Waals surface area contributed by atoms with Crippen molar-refractivity contribution < 1.29 is 4.79 Å². The molecule has 0 radical (unpaired) electrons. The predicted octanol–water partition coefficient (Wildman–Crippen LogP) is 3.43. The Bertz CT molecular complexity index is 722. The molecule has 1 heterocycles. The summed E-state index contributed by atoms with van der Waals surface area (Å²) in [6, 6.07) is 12.0. The largest absolute Gasteiger partial charge is 0.356 e. The van der Waals surface area contributed by atoms with Gasteiger partial charge < -0.3 is 15.5 Å². The number of rotatable bonds is 8. The van der Waals surface area contributed by atoms with Gasteiger partial charge in [-0.15, -0.1) is 35.3 Å². The first kappa shape index (κ1) is 23.7. The summed E-state index contributed by atoms with van der Waals surface area (Å²) in [6.07, 6.45) is 1.71. The lowest BCUT2D eigenvalue weighted by Crippen LogP contribution is -2.40. The van der Waals surface area contributed by atoms with Crippen molar-refractivity contribution in [2.45, 2.75) is 12.8 Å². The van der Waals surface area contributed by atoms with Crippen LogP contribution in [0.25, 0.3) is 0 Å². The summed E-state index contributed by atoms with van der Waals surface area (Å²) in [7, 11) is 3.46. The average molecular weight is 521 g/mol.